The van der Waals surface area contributed by atoms with Crippen molar-refractivity contribution >= 4 is 28.8 Å². The molecule has 1 aliphatic rings. The summed E-state index contributed by atoms with van der Waals surface area (Å²) < 4.78 is 5.83. The summed E-state index contributed by atoms with van der Waals surface area (Å²) in [4.78, 5) is 40.2. The molecular formula is C19H23N3O4. The minimum atomic E-state index is -0.300. The molecule has 2 aromatic rings. The predicted molar refractivity (Wildman–Crippen MR) is 96.4 cm³/mol. The van der Waals surface area contributed by atoms with Crippen LogP contribution in [0.3, 0.4) is 0 Å². The number of nitrogens with zero attached hydrogens (tertiary/aromatic N) is 3. The van der Waals surface area contributed by atoms with Crippen molar-refractivity contribution in [1.82, 2.24) is 14.7 Å². The molecule has 1 atom stereocenters. The highest BCUT2D eigenvalue weighted by atomic mass is 16.3. The molecular weight excluding hydrogens is 334 g/mol. The molecule has 4 amide bonds. The van der Waals surface area contributed by atoms with E-state index in [9.17, 15) is 14.4 Å². The van der Waals surface area contributed by atoms with E-state index in [1.54, 1.807) is 19.0 Å². The molecule has 1 aliphatic heterocycles. The predicted octanol–water partition coefficient (Wildman–Crippen LogP) is 2.63. The summed E-state index contributed by atoms with van der Waals surface area (Å²) >= 11 is 0. The van der Waals surface area contributed by atoms with Crippen LogP contribution in [-0.4, -0.2) is 59.7 Å². The molecule has 0 radical (unpaired) electrons. The highest BCUT2D eigenvalue weighted by molar-refractivity contribution is 6.01. The number of amides is 4. The summed E-state index contributed by atoms with van der Waals surface area (Å²) in [5, 5.41) is 1.00. The van der Waals surface area contributed by atoms with Gasteiger partial charge in [0.1, 0.15) is 17.9 Å². The van der Waals surface area contributed by atoms with E-state index in [1.807, 2.05) is 37.3 Å². The molecule has 7 heteroatoms. The highest BCUT2D eigenvalue weighted by Gasteiger charge is 2.33. The van der Waals surface area contributed by atoms with E-state index < -0.39 is 0 Å². The number of fused-ring (bicyclic) bond motifs is 1. The Bertz CT molecular complexity index is 811. The van der Waals surface area contributed by atoms with E-state index in [4.69, 9.17) is 4.42 Å². The molecule has 138 valence electrons. The van der Waals surface area contributed by atoms with Crippen LogP contribution in [0.15, 0.2) is 34.7 Å². The van der Waals surface area contributed by atoms with Crippen molar-refractivity contribution in [1.29, 1.82) is 0 Å². The number of hydrogen-bond donors (Lipinski definition) is 0. The average molecular weight is 357 g/mol. The van der Waals surface area contributed by atoms with Crippen molar-refractivity contribution in [3.63, 3.8) is 0 Å². The highest BCUT2D eigenvalue weighted by Crippen LogP contribution is 2.27. The molecule has 1 fully saturated rings. The molecule has 0 N–H and O–H groups in total. The standard InChI is InChI=1S/C19H23N3O4/c1-13(16-11-14-7-4-5-8-15(14)26-16)21(3)17(23)9-6-10-22-18(24)12-20(2)19(22)25/h4-5,7-8,11,13H,6,9-10,12H2,1-3H3. The zero-order valence-corrected chi connectivity index (χ0v) is 15.3. The number of para-hydroxylation sites is 1. The summed E-state index contributed by atoms with van der Waals surface area (Å²) in [5.41, 5.74) is 0.797. The van der Waals surface area contributed by atoms with Gasteiger partial charge in [-0.25, -0.2) is 4.79 Å². The van der Waals surface area contributed by atoms with Gasteiger partial charge in [-0.3, -0.25) is 14.5 Å². The Morgan fingerprint density at radius 2 is 2.04 bits per heavy atom. The molecule has 0 spiro atoms. The zero-order chi connectivity index (χ0) is 18.8. The third-order valence-electron chi connectivity index (χ3n) is 4.83. The van der Waals surface area contributed by atoms with Crippen molar-refractivity contribution in [2.24, 2.45) is 0 Å². The molecule has 1 aromatic carbocycles. The Morgan fingerprint density at radius 3 is 2.69 bits per heavy atom. The van der Waals surface area contributed by atoms with Gasteiger partial charge in [-0.1, -0.05) is 18.2 Å². The lowest BCUT2D eigenvalue weighted by Crippen LogP contribution is -2.34. The quantitative estimate of drug-likeness (QED) is 0.745. The number of carbonyl (C=O) groups is 3. The average Bonchev–Trinajstić information content (AvgIpc) is 3.16. The van der Waals surface area contributed by atoms with Crippen molar-refractivity contribution < 1.29 is 18.8 Å². The minimum Gasteiger partial charge on any atom is -0.459 e. The zero-order valence-electron chi connectivity index (χ0n) is 15.3. The topological polar surface area (TPSA) is 74.1 Å². The first-order valence-electron chi connectivity index (χ1n) is 8.68. The fraction of sp³-hybridized carbons (Fsp3) is 0.421. The van der Waals surface area contributed by atoms with Crippen molar-refractivity contribution in [2.75, 3.05) is 27.2 Å². The van der Waals surface area contributed by atoms with Gasteiger partial charge in [-0.05, 0) is 25.5 Å². The van der Waals surface area contributed by atoms with Gasteiger partial charge < -0.3 is 14.2 Å². The maximum absolute atomic E-state index is 12.5. The fourth-order valence-electron chi connectivity index (χ4n) is 3.07. The molecule has 0 bridgehead atoms. The molecule has 1 saturated heterocycles. The molecule has 2 heterocycles. The molecule has 7 nitrogen and oxygen atoms in total. The van der Waals surface area contributed by atoms with Crippen LogP contribution in [-0.2, 0) is 9.59 Å². The summed E-state index contributed by atoms with van der Waals surface area (Å²) in [6.45, 7) is 2.29. The molecule has 1 aromatic heterocycles. The SMILES string of the molecule is CC(c1cc2ccccc2o1)N(C)C(=O)CCCN1C(=O)CN(C)C1=O. The van der Waals surface area contributed by atoms with Gasteiger partial charge in [0.25, 0.3) is 0 Å². The van der Waals surface area contributed by atoms with Crippen molar-refractivity contribution in [3.05, 3.63) is 36.1 Å². The second-order valence-electron chi connectivity index (χ2n) is 6.65. The fourth-order valence-corrected chi connectivity index (χ4v) is 3.07. The summed E-state index contributed by atoms with van der Waals surface area (Å²) in [7, 11) is 3.33. The molecule has 0 saturated carbocycles. The van der Waals surface area contributed by atoms with Gasteiger partial charge in [0.15, 0.2) is 0 Å². The molecule has 3 rings (SSSR count). The van der Waals surface area contributed by atoms with Gasteiger partial charge in [0.05, 0.1) is 6.04 Å². The Hall–Kier alpha value is -2.83. The minimum absolute atomic E-state index is 0.0506. The largest absolute Gasteiger partial charge is 0.459 e. The number of furan rings is 1. The Morgan fingerprint density at radius 1 is 1.31 bits per heavy atom. The lowest BCUT2D eigenvalue weighted by molar-refractivity contribution is -0.133. The summed E-state index contributed by atoms with van der Waals surface area (Å²) in [5.74, 6) is 0.466. The molecule has 1 unspecified atom stereocenters. The lowest BCUT2D eigenvalue weighted by atomic mass is 10.1. The monoisotopic (exact) mass is 357 g/mol. The lowest BCUT2D eigenvalue weighted by Gasteiger charge is -2.23. The van der Waals surface area contributed by atoms with Crippen molar-refractivity contribution in [3.8, 4) is 0 Å². The van der Waals surface area contributed by atoms with E-state index in [0.29, 0.717) is 6.42 Å². The van der Waals surface area contributed by atoms with E-state index in [0.717, 1.165) is 16.7 Å². The Kier molecular flexibility index (Phi) is 4.97. The summed E-state index contributed by atoms with van der Waals surface area (Å²) in [6, 6.07) is 9.17. The van der Waals surface area contributed by atoms with Gasteiger partial charge in [-0.15, -0.1) is 0 Å². The third-order valence-corrected chi connectivity index (χ3v) is 4.83. The molecule has 0 aliphatic carbocycles. The van der Waals surface area contributed by atoms with Crippen LogP contribution in [0.5, 0.6) is 0 Å². The smallest absolute Gasteiger partial charge is 0.326 e. The van der Waals surface area contributed by atoms with Gasteiger partial charge in [0.2, 0.25) is 11.8 Å². The van der Waals surface area contributed by atoms with E-state index in [1.165, 1.54) is 9.80 Å². The second-order valence-corrected chi connectivity index (χ2v) is 6.65. The van der Waals surface area contributed by atoms with Crippen LogP contribution in [0.4, 0.5) is 4.79 Å². The number of benzene rings is 1. The number of urea groups is 1. The Labute approximate surface area is 152 Å². The maximum atomic E-state index is 12.5. The van der Waals surface area contributed by atoms with Gasteiger partial charge >= 0.3 is 6.03 Å². The van der Waals surface area contributed by atoms with E-state index in [2.05, 4.69) is 0 Å². The van der Waals surface area contributed by atoms with Crippen LogP contribution < -0.4 is 0 Å². The number of hydrogen-bond acceptors (Lipinski definition) is 4. The number of carbonyl (C=O) groups excluding carboxylic acids is 3. The maximum Gasteiger partial charge on any atom is 0.326 e. The van der Waals surface area contributed by atoms with Crippen LogP contribution in [0.2, 0.25) is 0 Å². The van der Waals surface area contributed by atoms with Crippen molar-refractivity contribution in [2.45, 2.75) is 25.8 Å². The number of imide groups is 1. The van der Waals surface area contributed by atoms with E-state index in [-0.39, 0.29) is 43.4 Å². The first-order chi connectivity index (χ1) is 12.4. The molecule has 26 heavy (non-hydrogen) atoms. The van der Waals surface area contributed by atoms with Gasteiger partial charge in [0, 0.05) is 32.4 Å². The third kappa shape index (κ3) is 3.42. The summed E-state index contributed by atoms with van der Waals surface area (Å²) in [6.07, 6.45) is 0.711. The van der Waals surface area contributed by atoms with Crippen LogP contribution in [0.25, 0.3) is 11.0 Å². The normalized spacial score (nSPS) is 15.8. The number of rotatable bonds is 6. The number of likely N-dealkylation sites (N-methyl/N-ethyl adjacent to an activating group) is 1. The first-order valence-corrected chi connectivity index (χ1v) is 8.68. The second kappa shape index (κ2) is 7.19. The first kappa shape index (κ1) is 18.0. The van der Waals surface area contributed by atoms with Crippen LogP contribution in [0, 0.1) is 0 Å². The van der Waals surface area contributed by atoms with Crippen LogP contribution >= 0.6 is 0 Å². The van der Waals surface area contributed by atoms with E-state index >= 15 is 0 Å². The van der Waals surface area contributed by atoms with Gasteiger partial charge in [-0.2, -0.15) is 0 Å². The Balaban J connectivity index is 1.55. The van der Waals surface area contributed by atoms with Crippen LogP contribution in [0.1, 0.15) is 31.6 Å².